The van der Waals surface area contributed by atoms with E-state index in [9.17, 15) is 9.59 Å². The lowest BCUT2D eigenvalue weighted by Crippen LogP contribution is -2.62. The lowest BCUT2D eigenvalue weighted by Gasteiger charge is -2.46. The third-order valence-electron chi connectivity index (χ3n) is 3.58. The molecule has 0 aliphatic carbocycles. The van der Waals surface area contributed by atoms with Gasteiger partial charge in [0.2, 0.25) is 11.8 Å². The highest BCUT2D eigenvalue weighted by molar-refractivity contribution is 5.92. The Bertz CT molecular complexity index is 411. The number of piperidine rings is 1. The molecule has 1 heterocycles. The summed E-state index contributed by atoms with van der Waals surface area (Å²) in [6.07, 6.45) is 2.10. The van der Waals surface area contributed by atoms with Gasteiger partial charge in [0, 0.05) is 35.7 Å². The summed E-state index contributed by atoms with van der Waals surface area (Å²) in [6.45, 7) is 14.2. The van der Waals surface area contributed by atoms with E-state index < -0.39 is 0 Å². The molecule has 0 radical (unpaired) electrons. The molecule has 5 nitrogen and oxygen atoms in total. The first kappa shape index (κ1) is 17.7. The fraction of sp³-hybridized carbons (Fsp3) is 0.750. The van der Waals surface area contributed by atoms with E-state index in [1.165, 1.54) is 0 Å². The topological polar surface area (TPSA) is 70.2 Å². The van der Waals surface area contributed by atoms with Gasteiger partial charge in [-0.15, -0.1) is 0 Å². The van der Waals surface area contributed by atoms with Crippen molar-refractivity contribution in [1.29, 1.82) is 0 Å². The molecular formula is C16H29N3O2. The lowest BCUT2D eigenvalue weighted by atomic mass is 9.79. The maximum Gasteiger partial charge on any atom is 0.246 e. The monoisotopic (exact) mass is 295 g/mol. The summed E-state index contributed by atoms with van der Waals surface area (Å²) in [7, 11) is 0. The van der Waals surface area contributed by atoms with Gasteiger partial charge in [-0.25, -0.2) is 0 Å². The minimum absolute atomic E-state index is 0.00780. The lowest BCUT2D eigenvalue weighted by molar-refractivity contribution is -0.122. The van der Waals surface area contributed by atoms with Crippen molar-refractivity contribution in [2.45, 2.75) is 71.0 Å². The zero-order valence-corrected chi connectivity index (χ0v) is 13.9. The second kappa shape index (κ2) is 6.60. The Hall–Kier alpha value is -1.36. The third-order valence-corrected chi connectivity index (χ3v) is 3.58. The van der Waals surface area contributed by atoms with Gasteiger partial charge in [-0.1, -0.05) is 6.58 Å². The average Bonchev–Trinajstić information content (AvgIpc) is 2.23. The van der Waals surface area contributed by atoms with Crippen LogP contribution in [0.2, 0.25) is 0 Å². The third kappa shape index (κ3) is 6.29. The second-order valence-corrected chi connectivity index (χ2v) is 7.35. The molecule has 0 aromatic rings. The van der Waals surface area contributed by atoms with Crippen molar-refractivity contribution in [1.82, 2.24) is 16.0 Å². The molecule has 0 atom stereocenters. The van der Waals surface area contributed by atoms with Crippen LogP contribution >= 0.6 is 0 Å². The summed E-state index contributed by atoms with van der Waals surface area (Å²) in [4.78, 5) is 23.3. The Morgan fingerprint density at radius 2 is 1.71 bits per heavy atom. The molecule has 1 saturated heterocycles. The van der Waals surface area contributed by atoms with Gasteiger partial charge in [-0.05, 0) is 47.5 Å². The van der Waals surface area contributed by atoms with Crippen LogP contribution in [0.4, 0.5) is 0 Å². The van der Waals surface area contributed by atoms with Gasteiger partial charge in [0.1, 0.15) is 0 Å². The molecule has 120 valence electrons. The van der Waals surface area contributed by atoms with Gasteiger partial charge < -0.3 is 16.0 Å². The van der Waals surface area contributed by atoms with E-state index in [-0.39, 0.29) is 28.9 Å². The fourth-order valence-electron chi connectivity index (χ4n) is 3.16. The van der Waals surface area contributed by atoms with Crippen molar-refractivity contribution in [3.05, 3.63) is 12.2 Å². The average molecular weight is 295 g/mol. The molecule has 1 rings (SSSR count). The molecule has 0 spiro atoms. The van der Waals surface area contributed by atoms with Crippen LogP contribution < -0.4 is 16.0 Å². The number of carbonyl (C=O) groups excluding carboxylic acids is 2. The van der Waals surface area contributed by atoms with Crippen molar-refractivity contribution in [3.8, 4) is 0 Å². The Morgan fingerprint density at radius 3 is 2.19 bits per heavy atom. The maximum atomic E-state index is 12.0. The highest BCUT2D eigenvalue weighted by Crippen LogP contribution is 2.28. The quantitative estimate of drug-likeness (QED) is 0.673. The predicted molar refractivity (Wildman–Crippen MR) is 84.9 cm³/mol. The Balaban J connectivity index is 2.40. The molecule has 0 saturated carbocycles. The van der Waals surface area contributed by atoms with Crippen LogP contribution in [0, 0.1) is 0 Å². The molecule has 0 aromatic carbocycles. The Morgan fingerprint density at radius 1 is 1.19 bits per heavy atom. The van der Waals surface area contributed by atoms with Crippen molar-refractivity contribution >= 4 is 11.8 Å². The number of rotatable bonds is 5. The molecule has 5 heteroatoms. The number of carbonyl (C=O) groups is 2. The zero-order valence-electron chi connectivity index (χ0n) is 13.9. The molecule has 0 bridgehead atoms. The first-order chi connectivity index (χ1) is 9.51. The Labute approximate surface area is 127 Å². The minimum Gasteiger partial charge on any atom is -0.353 e. The van der Waals surface area contributed by atoms with E-state index in [1.807, 2.05) is 0 Å². The number of hydrogen-bond acceptors (Lipinski definition) is 3. The van der Waals surface area contributed by atoms with E-state index in [2.05, 4.69) is 50.2 Å². The first-order valence-corrected chi connectivity index (χ1v) is 7.53. The van der Waals surface area contributed by atoms with Crippen LogP contribution in [-0.4, -0.2) is 35.5 Å². The molecule has 21 heavy (non-hydrogen) atoms. The molecule has 1 aliphatic heterocycles. The minimum atomic E-state index is -0.202. The second-order valence-electron chi connectivity index (χ2n) is 7.35. The highest BCUT2D eigenvalue weighted by Gasteiger charge is 2.37. The molecular weight excluding hydrogens is 266 g/mol. The number of amides is 2. The summed E-state index contributed by atoms with van der Waals surface area (Å²) >= 11 is 0. The Kier molecular flexibility index (Phi) is 5.56. The summed E-state index contributed by atoms with van der Waals surface area (Å²) in [6, 6.07) is 0.167. The molecule has 2 amide bonds. The summed E-state index contributed by atoms with van der Waals surface area (Å²) in [5.41, 5.74) is 0.471. The standard InChI is InChI=1S/C16H29N3O2/c1-11(2)14(21)17-8-7-13(20)18-12-9-15(3,4)19-16(5,6)10-12/h12,19H,1,7-10H2,2-6H3,(H,17,21)(H,18,20). The van der Waals surface area contributed by atoms with Crippen LogP contribution in [0.3, 0.4) is 0 Å². The van der Waals surface area contributed by atoms with Gasteiger partial charge in [-0.3, -0.25) is 9.59 Å². The number of nitrogens with one attached hydrogen (secondary N) is 3. The normalized spacial score (nSPS) is 20.6. The van der Waals surface area contributed by atoms with Crippen LogP contribution in [0.15, 0.2) is 12.2 Å². The van der Waals surface area contributed by atoms with E-state index in [4.69, 9.17) is 0 Å². The molecule has 0 unspecified atom stereocenters. The molecule has 1 aliphatic rings. The van der Waals surface area contributed by atoms with E-state index in [1.54, 1.807) is 6.92 Å². The summed E-state index contributed by atoms with van der Waals surface area (Å²) in [5, 5.41) is 9.34. The van der Waals surface area contributed by atoms with Gasteiger partial charge in [0.15, 0.2) is 0 Å². The predicted octanol–water partition coefficient (Wildman–Crippen LogP) is 1.49. The highest BCUT2D eigenvalue weighted by atomic mass is 16.2. The smallest absolute Gasteiger partial charge is 0.246 e. The van der Waals surface area contributed by atoms with Gasteiger partial charge in [0.05, 0.1) is 0 Å². The van der Waals surface area contributed by atoms with Crippen LogP contribution in [0.25, 0.3) is 0 Å². The van der Waals surface area contributed by atoms with Gasteiger partial charge >= 0.3 is 0 Å². The molecule has 1 fully saturated rings. The van der Waals surface area contributed by atoms with Crippen molar-refractivity contribution in [2.75, 3.05) is 6.54 Å². The van der Waals surface area contributed by atoms with E-state index in [0.29, 0.717) is 18.5 Å². The maximum absolute atomic E-state index is 12.0. The van der Waals surface area contributed by atoms with Crippen molar-refractivity contribution < 1.29 is 9.59 Å². The number of hydrogen-bond donors (Lipinski definition) is 3. The molecule has 0 aromatic heterocycles. The van der Waals surface area contributed by atoms with Crippen molar-refractivity contribution in [3.63, 3.8) is 0 Å². The van der Waals surface area contributed by atoms with Gasteiger partial charge in [0.25, 0.3) is 0 Å². The van der Waals surface area contributed by atoms with Crippen molar-refractivity contribution in [2.24, 2.45) is 0 Å². The summed E-state index contributed by atoms with van der Waals surface area (Å²) < 4.78 is 0. The van der Waals surface area contributed by atoms with E-state index in [0.717, 1.165) is 12.8 Å². The SMILES string of the molecule is C=C(C)C(=O)NCCC(=O)NC1CC(C)(C)NC(C)(C)C1. The van der Waals surface area contributed by atoms with Gasteiger partial charge in [-0.2, -0.15) is 0 Å². The first-order valence-electron chi connectivity index (χ1n) is 7.53. The van der Waals surface area contributed by atoms with Crippen LogP contribution in [0.5, 0.6) is 0 Å². The zero-order chi connectivity index (χ0) is 16.3. The van der Waals surface area contributed by atoms with Crippen LogP contribution in [-0.2, 0) is 9.59 Å². The molecule has 3 N–H and O–H groups in total. The largest absolute Gasteiger partial charge is 0.353 e. The summed E-state index contributed by atoms with van der Waals surface area (Å²) in [5.74, 6) is -0.220. The van der Waals surface area contributed by atoms with Crippen LogP contribution in [0.1, 0.15) is 53.9 Å². The fourth-order valence-corrected chi connectivity index (χ4v) is 3.16. The van der Waals surface area contributed by atoms with E-state index >= 15 is 0 Å².